The summed E-state index contributed by atoms with van der Waals surface area (Å²) in [5.41, 5.74) is 0.982. The minimum atomic E-state index is -3.80. The highest BCUT2D eigenvalue weighted by atomic mass is 35.5. The molecular weight excluding hydrogens is 414 g/mol. The number of carbonyl (C=O) groups is 1. The molecule has 1 amide bonds. The van der Waals surface area contributed by atoms with Crippen molar-refractivity contribution in [3.05, 3.63) is 63.9 Å². The maximum atomic E-state index is 12.9. The molecule has 0 saturated carbocycles. The number of sulfonamides is 1. The van der Waals surface area contributed by atoms with E-state index in [4.69, 9.17) is 23.2 Å². The molecule has 0 aliphatic heterocycles. The summed E-state index contributed by atoms with van der Waals surface area (Å²) in [6.45, 7) is 1.74. The lowest BCUT2D eigenvalue weighted by Crippen LogP contribution is -2.48. The molecule has 2 aromatic rings. The van der Waals surface area contributed by atoms with Crippen LogP contribution in [-0.2, 0) is 21.2 Å². The number of carbonyl (C=O) groups excluding carboxylic acids is 1. The highest BCUT2D eigenvalue weighted by molar-refractivity contribution is 7.92. The van der Waals surface area contributed by atoms with E-state index in [1.54, 1.807) is 12.1 Å². The Labute approximate surface area is 168 Å². The van der Waals surface area contributed by atoms with Gasteiger partial charge in [-0.05, 0) is 49.2 Å². The molecule has 0 heterocycles. The largest absolute Gasteiger partial charge is 0.354 e. The SMILES string of the molecule is C[C@H](C(=O)NCCc1ccc(F)cc1)N(c1cc(Cl)ccc1Cl)S(C)(=O)=O. The predicted molar refractivity (Wildman–Crippen MR) is 106 cm³/mol. The molecule has 0 radical (unpaired) electrons. The van der Waals surface area contributed by atoms with Gasteiger partial charge in [-0.1, -0.05) is 35.3 Å². The van der Waals surface area contributed by atoms with Crippen LogP contribution in [0.15, 0.2) is 42.5 Å². The van der Waals surface area contributed by atoms with Gasteiger partial charge in [-0.25, -0.2) is 12.8 Å². The zero-order valence-electron chi connectivity index (χ0n) is 14.7. The van der Waals surface area contributed by atoms with Gasteiger partial charge in [0.2, 0.25) is 15.9 Å². The Morgan fingerprint density at radius 1 is 1.19 bits per heavy atom. The molecule has 2 rings (SSSR count). The lowest BCUT2D eigenvalue weighted by atomic mass is 10.1. The summed E-state index contributed by atoms with van der Waals surface area (Å²) in [5, 5.41) is 3.15. The van der Waals surface area contributed by atoms with E-state index in [2.05, 4.69) is 5.32 Å². The normalized spacial score (nSPS) is 12.5. The maximum Gasteiger partial charge on any atom is 0.243 e. The van der Waals surface area contributed by atoms with E-state index in [-0.39, 0.29) is 23.1 Å². The lowest BCUT2D eigenvalue weighted by Gasteiger charge is -2.29. The van der Waals surface area contributed by atoms with Crippen molar-refractivity contribution in [1.82, 2.24) is 5.32 Å². The van der Waals surface area contributed by atoms with Crippen LogP contribution in [0.1, 0.15) is 12.5 Å². The molecule has 2 aromatic carbocycles. The van der Waals surface area contributed by atoms with Crippen LogP contribution < -0.4 is 9.62 Å². The molecule has 27 heavy (non-hydrogen) atoms. The number of amides is 1. The second-order valence-electron chi connectivity index (χ2n) is 6.00. The van der Waals surface area contributed by atoms with E-state index in [0.717, 1.165) is 16.1 Å². The summed E-state index contributed by atoms with van der Waals surface area (Å²) in [6.07, 6.45) is 1.47. The predicted octanol–water partition coefficient (Wildman–Crippen LogP) is 3.65. The maximum absolute atomic E-state index is 12.9. The molecule has 0 saturated heterocycles. The van der Waals surface area contributed by atoms with E-state index in [0.29, 0.717) is 11.4 Å². The van der Waals surface area contributed by atoms with Crippen LogP contribution in [0.25, 0.3) is 0 Å². The third-order valence-electron chi connectivity index (χ3n) is 3.86. The molecule has 0 bridgehead atoms. The van der Waals surface area contributed by atoms with Gasteiger partial charge in [-0.15, -0.1) is 0 Å². The summed E-state index contributed by atoms with van der Waals surface area (Å²) in [4.78, 5) is 12.5. The van der Waals surface area contributed by atoms with Crippen LogP contribution in [0.5, 0.6) is 0 Å². The zero-order valence-corrected chi connectivity index (χ0v) is 17.1. The van der Waals surface area contributed by atoms with Crippen LogP contribution in [0, 0.1) is 5.82 Å². The Morgan fingerprint density at radius 2 is 1.81 bits per heavy atom. The lowest BCUT2D eigenvalue weighted by molar-refractivity contribution is -0.121. The first-order valence-corrected chi connectivity index (χ1v) is 10.7. The van der Waals surface area contributed by atoms with Crippen LogP contribution in [-0.4, -0.2) is 33.2 Å². The zero-order chi connectivity index (χ0) is 20.2. The Kier molecular flexibility index (Phi) is 7.08. The van der Waals surface area contributed by atoms with Crippen molar-refractivity contribution in [3.63, 3.8) is 0 Å². The molecule has 0 aromatic heterocycles. The first-order valence-electron chi connectivity index (χ1n) is 8.06. The Morgan fingerprint density at radius 3 is 2.41 bits per heavy atom. The van der Waals surface area contributed by atoms with Crippen LogP contribution in [0.3, 0.4) is 0 Å². The third-order valence-corrected chi connectivity index (χ3v) is 5.64. The molecule has 0 unspecified atom stereocenters. The van der Waals surface area contributed by atoms with E-state index in [9.17, 15) is 17.6 Å². The Bertz CT molecular complexity index is 921. The van der Waals surface area contributed by atoms with Gasteiger partial charge < -0.3 is 5.32 Å². The number of benzene rings is 2. The van der Waals surface area contributed by atoms with Gasteiger partial charge in [0.15, 0.2) is 0 Å². The molecule has 0 aliphatic rings. The number of nitrogens with one attached hydrogen (secondary N) is 1. The number of anilines is 1. The van der Waals surface area contributed by atoms with Crippen molar-refractivity contribution in [2.75, 3.05) is 17.1 Å². The number of rotatable bonds is 7. The van der Waals surface area contributed by atoms with Crippen molar-refractivity contribution in [1.29, 1.82) is 0 Å². The highest BCUT2D eigenvalue weighted by Crippen LogP contribution is 2.32. The molecule has 146 valence electrons. The third kappa shape index (κ3) is 5.82. The van der Waals surface area contributed by atoms with Gasteiger partial charge in [-0.3, -0.25) is 9.10 Å². The number of hydrogen-bond acceptors (Lipinski definition) is 3. The Balaban J connectivity index is 2.13. The number of halogens is 3. The second kappa shape index (κ2) is 8.91. The van der Waals surface area contributed by atoms with Crippen molar-refractivity contribution >= 4 is 44.8 Å². The quantitative estimate of drug-likeness (QED) is 0.725. The molecular formula is C18H19Cl2FN2O3S. The minimum Gasteiger partial charge on any atom is -0.354 e. The molecule has 1 atom stereocenters. The van der Waals surface area contributed by atoms with Crippen LogP contribution in [0.4, 0.5) is 10.1 Å². The summed E-state index contributed by atoms with van der Waals surface area (Å²) in [5.74, 6) is -0.822. The van der Waals surface area contributed by atoms with E-state index in [1.165, 1.54) is 37.3 Å². The topological polar surface area (TPSA) is 66.5 Å². The van der Waals surface area contributed by atoms with Gasteiger partial charge in [0.1, 0.15) is 11.9 Å². The summed E-state index contributed by atoms with van der Waals surface area (Å²) >= 11 is 12.1. The minimum absolute atomic E-state index is 0.132. The molecule has 9 heteroatoms. The number of nitrogens with zero attached hydrogens (tertiary/aromatic N) is 1. The molecule has 0 aliphatic carbocycles. The standard InChI is InChI=1S/C18H19Cl2FN2O3S/c1-12(18(24)22-10-9-13-3-6-15(21)7-4-13)23(27(2,25)26)17-11-14(19)5-8-16(17)20/h3-8,11-12H,9-10H2,1-2H3,(H,22,24)/t12-/m1/s1. The fraction of sp³-hybridized carbons (Fsp3) is 0.278. The summed E-state index contributed by atoms with van der Waals surface area (Å²) < 4.78 is 38.4. The van der Waals surface area contributed by atoms with Crippen molar-refractivity contribution in [3.8, 4) is 0 Å². The monoisotopic (exact) mass is 432 g/mol. The van der Waals surface area contributed by atoms with Crippen molar-refractivity contribution < 1.29 is 17.6 Å². The summed E-state index contributed by atoms with van der Waals surface area (Å²) in [7, 11) is -3.80. The van der Waals surface area contributed by atoms with Crippen molar-refractivity contribution in [2.24, 2.45) is 0 Å². The fourth-order valence-electron chi connectivity index (χ4n) is 2.56. The average Bonchev–Trinajstić information content (AvgIpc) is 2.58. The molecule has 5 nitrogen and oxygen atoms in total. The smallest absolute Gasteiger partial charge is 0.243 e. The molecule has 0 spiro atoms. The molecule has 0 fully saturated rings. The second-order valence-corrected chi connectivity index (χ2v) is 8.70. The Hall–Kier alpha value is -1.83. The molecule has 1 N–H and O–H groups in total. The van der Waals surface area contributed by atoms with Gasteiger partial charge >= 0.3 is 0 Å². The van der Waals surface area contributed by atoms with Gasteiger partial charge in [0, 0.05) is 11.6 Å². The fourth-order valence-corrected chi connectivity index (χ4v) is 4.17. The van der Waals surface area contributed by atoms with E-state index in [1.807, 2.05) is 0 Å². The van der Waals surface area contributed by atoms with Crippen molar-refractivity contribution in [2.45, 2.75) is 19.4 Å². The van der Waals surface area contributed by atoms with Gasteiger partial charge in [0.05, 0.1) is 17.0 Å². The summed E-state index contributed by atoms with van der Waals surface area (Å²) in [6, 6.07) is 9.28. The van der Waals surface area contributed by atoms with Gasteiger partial charge in [0.25, 0.3) is 0 Å². The van der Waals surface area contributed by atoms with Crippen LogP contribution >= 0.6 is 23.2 Å². The first-order chi connectivity index (χ1) is 12.6. The van der Waals surface area contributed by atoms with Gasteiger partial charge in [-0.2, -0.15) is 0 Å². The highest BCUT2D eigenvalue weighted by Gasteiger charge is 2.30. The van der Waals surface area contributed by atoms with E-state index >= 15 is 0 Å². The first kappa shape index (κ1) is 21.5. The van der Waals surface area contributed by atoms with E-state index < -0.39 is 22.0 Å². The average molecular weight is 433 g/mol. The van der Waals surface area contributed by atoms with Crippen LogP contribution in [0.2, 0.25) is 10.0 Å². The number of hydrogen-bond donors (Lipinski definition) is 1.